The van der Waals surface area contributed by atoms with Crippen LogP contribution in [-0.2, 0) is 0 Å². The van der Waals surface area contributed by atoms with Crippen molar-refractivity contribution in [2.45, 2.75) is 25.3 Å². The van der Waals surface area contributed by atoms with Crippen molar-refractivity contribution in [3.63, 3.8) is 0 Å². The molecule has 0 bridgehead atoms. The van der Waals surface area contributed by atoms with E-state index < -0.39 is 0 Å². The molecule has 1 aliphatic heterocycles. The molecular weight excluding hydrogens is 310 g/mol. The highest BCUT2D eigenvalue weighted by molar-refractivity contribution is 5.55. The van der Waals surface area contributed by atoms with Crippen molar-refractivity contribution in [1.82, 2.24) is 10.2 Å². The smallest absolute Gasteiger partial charge is 0.278 e. The van der Waals surface area contributed by atoms with Gasteiger partial charge in [0.2, 0.25) is 0 Å². The standard InChI is InChI=1S/C17H25N3O4/c1-23-15-10-13(14(20(21)22)11-16(15)24-2)17(12-4-3-5-12)19-8-6-18-7-9-19/h10-12,17-18H,3-9H2,1-2H3/t17-/m1/s1. The number of nitrogens with one attached hydrogen (secondary N) is 1. The van der Waals surface area contributed by atoms with Crippen molar-refractivity contribution in [3.05, 3.63) is 27.8 Å². The van der Waals surface area contributed by atoms with Crippen LogP contribution in [0.15, 0.2) is 12.1 Å². The fraction of sp³-hybridized carbons (Fsp3) is 0.647. The van der Waals surface area contributed by atoms with Gasteiger partial charge in [-0.05, 0) is 24.8 Å². The lowest BCUT2D eigenvalue weighted by atomic mass is 9.75. The number of rotatable bonds is 6. The maximum Gasteiger partial charge on any atom is 0.278 e. The van der Waals surface area contributed by atoms with Gasteiger partial charge >= 0.3 is 0 Å². The summed E-state index contributed by atoms with van der Waals surface area (Å²) in [5.41, 5.74) is 0.882. The van der Waals surface area contributed by atoms with Crippen LogP contribution in [0.3, 0.4) is 0 Å². The van der Waals surface area contributed by atoms with E-state index in [1.54, 1.807) is 7.11 Å². The first-order chi connectivity index (χ1) is 11.7. The summed E-state index contributed by atoms with van der Waals surface area (Å²) in [6.45, 7) is 3.66. The number of benzene rings is 1. The van der Waals surface area contributed by atoms with Gasteiger partial charge in [-0.25, -0.2) is 0 Å². The summed E-state index contributed by atoms with van der Waals surface area (Å²) < 4.78 is 10.7. The molecule has 1 atom stereocenters. The van der Waals surface area contributed by atoms with E-state index in [2.05, 4.69) is 10.2 Å². The number of nitro benzene ring substituents is 1. The van der Waals surface area contributed by atoms with Gasteiger partial charge in [-0.3, -0.25) is 15.0 Å². The molecule has 0 aromatic heterocycles. The van der Waals surface area contributed by atoms with Gasteiger partial charge < -0.3 is 14.8 Å². The molecule has 132 valence electrons. The maximum absolute atomic E-state index is 11.7. The molecule has 3 rings (SSSR count). The molecule has 7 nitrogen and oxygen atoms in total. The number of methoxy groups -OCH3 is 2. The lowest BCUT2D eigenvalue weighted by Crippen LogP contribution is -2.48. The quantitative estimate of drug-likeness (QED) is 0.635. The normalized spacial score (nSPS) is 20.2. The van der Waals surface area contributed by atoms with Gasteiger partial charge in [0.1, 0.15) is 0 Å². The van der Waals surface area contributed by atoms with Crippen molar-refractivity contribution in [2.24, 2.45) is 5.92 Å². The van der Waals surface area contributed by atoms with Gasteiger partial charge in [0.15, 0.2) is 11.5 Å². The van der Waals surface area contributed by atoms with Crippen molar-refractivity contribution < 1.29 is 14.4 Å². The van der Waals surface area contributed by atoms with E-state index in [4.69, 9.17) is 9.47 Å². The predicted octanol–water partition coefficient (Wildman–Crippen LogP) is 2.36. The zero-order valence-corrected chi connectivity index (χ0v) is 14.3. The molecule has 7 heteroatoms. The molecule has 1 aliphatic carbocycles. The molecular formula is C17H25N3O4. The second-order valence-electron chi connectivity index (χ2n) is 6.44. The highest BCUT2D eigenvalue weighted by atomic mass is 16.6. The number of ether oxygens (including phenoxy) is 2. The zero-order chi connectivity index (χ0) is 17.1. The highest BCUT2D eigenvalue weighted by Crippen LogP contribution is 2.47. The van der Waals surface area contributed by atoms with E-state index in [1.165, 1.54) is 19.6 Å². The summed E-state index contributed by atoms with van der Waals surface area (Å²) in [5, 5.41) is 15.0. The monoisotopic (exact) mass is 335 g/mol. The average molecular weight is 335 g/mol. The first-order valence-corrected chi connectivity index (χ1v) is 8.50. The van der Waals surface area contributed by atoms with Crippen LogP contribution in [0, 0.1) is 16.0 Å². The summed E-state index contributed by atoms with van der Waals surface area (Å²) in [5.74, 6) is 1.43. The van der Waals surface area contributed by atoms with Crippen molar-refractivity contribution in [2.75, 3.05) is 40.4 Å². The molecule has 1 saturated heterocycles. The lowest BCUT2D eigenvalue weighted by Gasteiger charge is -2.43. The maximum atomic E-state index is 11.7. The molecule has 1 heterocycles. The van der Waals surface area contributed by atoms with Crippen LogP contribution < -0.4 is 14.8 Å². The minimum Gasteiger partial charge on any atom is -0.493 e. The Bertz CT molecular complexity index is 598. The SMILES string of the molecule is COc1cc([C@@H](C2CCC2)N2CCNCC2)c([N+](=O)[O-])cc1OC. The predicted molar refractivity (Wildman–Crippen MR) is 90.7 cm³/mol. The van der Waals surface area contributed by atoms with Gasteiger partial charge in [-0.1, -0.05) is 6.42 Å². The van der Waals surface area contributed by atoms with Crippen molar-refractivity contribution >= 4 is 5.69 Å². The van der Waals surface area contributed by atoms with E-state index in [1.807, 2.05) is 6.07 Å². The Kier molecular flexibility index (Phi) is 5.20. The Hall–Kier alpha value is -1.86. The van der Waals surface area contributed by atoms with Crippen LogP contribution in [0.2, 0.25) is 0 Å². The minimum atomic E-state index is -0.300. The Morgan fingerprint density at radius 3 is 2.33 bits per heavy atom. The second-order valence-corrected chi connectivity index (χ2v) is 6.44. The van der Waals surface area contributed by atoms with Gasteiger partial charge in [-0.2, -0.15) is 0 Å². The largest absolute Gasteiger partial charge is 0.493 e. The fourth-order valence-electron chi connectivity index (χ4n) is 3.74. The first kappa shape index (κ1) is 17.0. The highest BCUT2D eigenvalue weighted by Gasteiger charge is 2.38. The van der Waals surface area contributed by atoms with Crippen LogP contribution in [-0.4, -0.2) is 50.2 Å². The lowest BCUT2D eigenvalue weighted by molar-refractivity contribution is -0.386. The average Bonchev–Trinajstić information content (AvgIpc) is 2.57. The molecule has 0 radical (unpaired) electrons. The second kappa shape index (κ2) is 7.36. The van der Waals surface area contributed by atoms with Crippen LogP contribution in [0.25, 0.3) is 0 Å². The molecule has 2 fully saturated rings. The summed E-state index contributed by atoms with van der Waals surface area (Å²) in [4.78, 5) is 13.8. The van der Waals surface area contributed by atoms with Crippen molar-refractivity contribution in [3.8, 4) is 11.5 Å². The van der Waals surface area contributed by atoms with Crippen LogP contribution in [0.4, 0.5) is 5.69 Å². The number of piperazine rings is 1. The van der Waals surface area contributed by atoms with Gasteiger partial charge in [0.25, 0.3) is 5.69 Å². The van der Waals surface area contributed by atoms with Gasteiger partial charge in [0.05, 0.1) is 30.8 Å². The van der Waals surface area contributed by atoms with Crippen LogP contribution in [0.1, 0.15) is 30.9 Å². The minimum absolute atomic E-state index is 0.0704. The third kappa shape index (κ3) is 3.18. The Morgan fingerprint density at radius 1 is 1.21 bits per heavy atom. The molecule has 24 heavy (non-hydrogen) atoms. The van der Waals surface area contributed by atoms with E-state index >= 15 is 0 Å². The van der Waals surface area contributed by atoms with Crippen molar-refractivity contribution in [1.29, 1.82) is 0 Å². The Balaban J connectivity index is 2.06. The number of hydrogen-bond acceptors (Lipinski definition) is 6. The fourth-order valence-corrected chi connectivity index (χ4v) is 3.74. The topological polar surface area (TPSA) is 76.9 Å². The first-order valence-electron chi connectivity index (χ1n) is 8.50. The molecule has 0 unspecified atom stereocenters. The molecule has 1 N–H and O–H groups in total. The summed E-state index contributed by atoms with van der Waals surface area (Å²) in [6.07, 6.45) is 3.45. The van der Waals surface area contributed by atoms with Crippen LogP contribution >= 0.6 is 0 Å². The number of hydrogen-bond donors (Lipinski definition) is 1. The van der Waals surface area contributed by atoms with E-state index in [9.17, 15) is 10.1 Å². The molecule has 1 aromatic carbocycles. The molecule has 1 aromatic rings. The molecule has 0 amide bonds. The van der Waals surface area contributed by atoms with Crippen LogP contribution in [0.5, 0.6) is 11.5 Å². The van der Waals surface area contributed by atoms with E-state index in [-0.39, 0.29) is 16.7 Å². The summed E-state index contributed by atoms with van der Waals surface area (Å²) in [7, 11) is 3.07. The van der Waals surface area contributed by atoms with Gasteiger partial charge in [-0.15, -0.1) is 0 Å². The third-order valence-electron chi connectivity index (χ3n) is 5.19. The zero-order valence-electron chi connectivity index (χ0n) is 14.3. The van der Waals surface area contributed by atoms with E-state index in [0.29, 0.717) is 17.4 Å². The molecule has 2 aliphatic rings. The summed E-state index contributed by atoms with van der Waals surface area (Å²) >= 11 is 0. The molecule has 0 spiro atoms. The number of nitrogens with zero attached hydrogens (tertiary/aromatic N) is 2. The number of nitro groups is 1. The Labute approximate surface area is 142 Å². The van der Waals surface area contributed by atoms with E-state index in [0.717, 1.165) is 44.6 Å². The summed E-state index contributed by atoms with van der Waals surface area (Å²) in [6, 6.07) is 3.38. The Morgan fingerprint density at radius 2 is 1.83 bits per heavy atom. The molecule has 1 saturated carbocycles. The third-order valence-corrected chi connectivity index (χ3v) is 5.19. The van der Waals surface area contributed by atoms with Gasteiger partial charge in [0, 0.05) is 32.2 Å².